The second kappa shape index (κ2) is 12.5. The lowest BCUT2D eigenvalue weighted by Crippen LogP contribution is -2.46. The molecule has 0 spiro atoms. The van der Waals surface area contributed by atoms with E-state index in [4.69, 9.17) is 0 Å². The number of carbonyl (C=O) groups excluding carboxylic acids is 1. The van der Waals surface area contributed by atoms with E-state index in [9.17, 15) is 4.79 Å². The predicted molar refractivity (Wildman–Crippen MR) is 122 cm³/mol. The highest BCUT2D eigenvalue weighted by Gasteiger charge is 2.22. The standard InChI is InChI=1S/C19H29BrN4O.HI/c1-21-18(25)14-16-8-11-24(12-9-16)19(22-2)23-10-4-6-15-5-3-7-17(20)13-15;/h3,5,7,13,16H,4,6,8-12,14H2,1-2H3,(H,21,25)(H,22,23);1H. The van der Waals surface area contributed by atoms with Crippen LogP contribution >= 0.6 is 39.9 Å². The molecule has 1 amide bonds. The summed E-state index contributed by atoms with van der Waals surface area (Å²) in [4.78, 5) is 18.2. The number of amides is 1. The number of guanidine groups is 1. The topological polar surface area (TPSA) is 56.7 Å². The third-order valence-electron chi connectivity index (χ3n) is 4.69. The van der Waals surface area contributed by atoms with E-state index < -0.39 is 0 Å². The average Bonchev–Trinajstić information content (AvgIpc) is 2.63. The van der Waals surface area contributed by atoms with Gasteiger partial charge < -0.3 is 15.5 Å². The number of aliphatic imine (C=N–C) groups is 1. The molecule has 146 valence electrons. The minimum atomic E-state index is 0. The second-order valence-electron chi connectivity index (χ2n) is 6.52. The number of carbonyl (C=O) groups is 1. The van der Waals surface area contributed by atoms with Crippen molar-refractivity contribution in [2.24, 2.45) is 10.9 Å². The van der Waals surface area contributed by atoms with Crippen LogP contribution in [0.25, 0.3) is 0 Å². The van der Waals surface area contributed by atoms with E-state index >= 15 is 0 Å². The van der Waals surface area contributed by atoms with E-state index in [2.05, 4.69) is 60.7 Å². The summed E-state index contributed by atoms with van der Waals surface area (Å²) < 4.78 is 1.13. The van der Waals surface area contributed by atoms with Crippen LogP contribution in [-0.4, -0.2) is 50.5 Å². The van der Waals surface area contributed by atoms with Crippen molar-refractivity contribution in [1.82, 2.24) is 15.5 Å². The van der Waals surface area contributed by atoms with Crippen molar-refractivity contribution in [1.29, 1.82) is 0 Å². The van der Waals surface area contributed by atoms with Gasteiger partial charge in [-0.05, 0) is 49.3 Å². The third kappa shape index (κ3) is 7.82. The summed E-state index contributed by atoms with van der Waals surface area (Å²) in [5.74, 6) is 1.62. The molecule has 5 nitrogen and oxygen atoms in total. The Labute approximate surface area is 182 Å². The van der Waals surface area contributed by atoms with Crippen LogP contribution in [-0.2, 0) is 11.2 Å². The van der Waals surface area contributed by atoms with Crippen LogP contribution in [0.5, 0.6) is 0 Å². The molecule has 0 radical (unpaired) electrons. The lowest BCUT2D eigenvalue weighted by Gasteiger charge is -2.34. The Morgan fingerprint density at radius 3 is 2.69 bits per heavy atom. The molecule has 1 fully saturated rings. The Bertz CT molecular complexity index is 589. The molecule has 1 aromatic rings. The normalized spacial score (nSPS) is 15.3. The zero-order valence-corrected chi connectivity index (χ0v) is 19.5. The monoisotopic (exact) mass is 536 g/mol. The van der Waals surface area contributed by atoms with Crippen molar-refractivity contribution in [2.45, 2.75) is 32.1 Å². The van der Waals surface area contributed by atoms with Crippen molar-refractivity contribution in [3.63, 3.8) is 0 Å². The molecule has 0 unspecified atom stereocenters. The summed E-state index contributed by atoms with van der Waals surface area (Å²) in [7, 11) is 3.55. The van der Waals surface area contributed by atoms with Gasteiger partial charge in [0.15, 0.2) is 5.96 Å². The van der Waals surface area contributed by atoms with Gasteiger partial charge in [0.2, 0.25) is 5.91 Å². The number of hydrogen-bond acceptors (Lipinski definition) is 2. The lowest BCUT2D eigenvalue weighted by molar-refractivity contribution is -0.121. The van der Waals surface area contributed by atoms with Gasteiger partial charge in [-0.25, -0.2) is 0 Å². The summed E-state index contributed by atoms with van der Waals surface area (Å²) in [5, 5.41) is 6.19. The molecule has 0 bridgehead atoms. The number of likely N-dealkylation sites (tertiary alicyclic amines) is 1. The molecule has 0 atom stereocenters. The first-order valence-electron chi connectivity index (χ1n) is 9.03. The minimum absolute atomic E-state index is 0. The quantitative estimate of drug-likeness (QED) is 0.253. The van der Waals surface area contributed by atoms with E-state index in [0.717, 1.165) is 55.7 Å². The summed E-state index contributed by atoms with van der Waals surface area (Å²) in [6.07, 6.45) is 4.86. The molecule has 1 aromatic carbocycles. The number of nitrogens with zero attached hydrogens (tertiary/aromatic N) is 2. The minimum Gasteiger partial charge on any atom is -0.359 e. The van der Waals surface area contributed by atoms with Gasteiger partial charge >= 0.3 is 0 Å². The van der Waals surface area contributed by atoms with Crippen molar-refractivity contribution in [2.75, 3.05) is 33.7 Å². The first kappa shape index (κ1) is 23.2. The van der Waals surface area contributed by atoms with Gasteiger partial charge in [-0.2, -0.15) is 0 Å². The van der Waals surface area contributed by atoms with E-state index in [1.807, 2.05) is 7.05 Å². The number of benzene rings is 1. The Balaban J connectivity index is 0.00000338. The number of nitrogens with one attached hydrogen (secondary N) is 2. The fraction of sp³-hybridized carbons (Fsp3) is 0.579. The zero-order valence-electron chi connectivity index (χ0n) is 15.6. The number of piperidine rings is 1. The van der Waals surface area contributed by atoms with Crippen LogP contribution in [0.3, 0.4) is 0 Å². The molecular weight excluding hydrogens is 507 g/mol. The molecule has 7 heteroatoms. The lowest BCUT2D eigenvalue weighted by atomic mass is 9.93. The highest BCUT2D eigenvalue weighted by molar-refractivity contribution is 14.0. The van der Waals surface area contributed by atoms with Gasteiger partial charge in [0, 0.05) is 44.6 Å². The second-order valence-corrected chi connectivity index (χ2v) is 7.43. The van der Waals surface area contributed by atoms with Crippen LogP contribution < -0.4 is 10.6 Å². The first-order chi connectivity index (χ1) is 12.1. The first-order valence-corrected chi connectivity index (χ1v) is 9.82. The molecule has 1 aliphatic rings. The highest BCUT2D eigenvalue weighted by Crippen LogP contribution is 2.20. The molecule has 2 rings (SSSR count). The maximum atomic E-state index is 11.5. The number of hydrogen-bond donors (Lipinski definition) is 2. The Kier molecular flexibility index (Phi) is 11.2. The maximum Gasteiger partial charge on any atom is 0.220 e. The maximum absolute atomic E-state index is 11.5. The number of aryl methyl sites for hydroxylation is 1. The third-order valence-corrected chi connectivity index (χ3v) is 5.19. The molecule has 0 aromatic heterocycles. The smallest absolute Gasteiger partial charge is 0.220 e. The van der Waals surface area contributed by atoms with Gasteiger partial charge in [0.05, 0.1) is 0 Å². The van der Waals surface area contributed by atoms with Crippen LogP contribution in [0.4, 0.5) is 0 Å². The fourth-order valence-corrected chi connectivity index (χ4v) is 3.68. The summed E-state index contributed by atoms with van der Waals surface area (Å²) in [5.41, 5.74) is 1.35. The Morgan fingerprint density at radius 2 is 2.08 bits per heavy atom. The van der Waals surface area contributed by atoms with Crippen LogP contribution in [0.1, 0.15) is 31.2 Å². The van der Waals surface area contributed by atoms with Crippen molar-refractivity contribution in [3.05, 3.63) is 34.3 Å². The van der Waals surface area contributed by atoms with Crippen LogP contribution in [0.2, 0.25) is 0 Å². The molecule has 2 N–H and O–H groups in total. The molecule has 1 heterocycles. The van der Waals surface area contributed by atoms with Gasteiger partial charge in [-0.1, -0.05) is 28.1 Å². The molecule has 0 saturated carbocycles. The molecular formula is C19H30BrIN4O. The van der Waals surface area contributed by atoms with E-state index in [1.54, 1.807) is 7.05 Å². The van der Waals surface area contributed by atoms with Gasteiger partial charge in [0.1, 0.15) is 0 Å². The molecule has 0 aliphatic carbocycles. The fourth-order valence-electron chi connectivity index (χ4n) is 3.23. The van der Waals surface area contributed by atoms with Gasteiger partial charge in [-0.15, -0.1) is 24.0 Å². The Hall–Kier alpha value is -0.830. The van der Waals surface area contributed by atoms with Gasteiger partial charge in [0.25, 0.3) is 0 Å². The number of rotatable bonds is 6. The van der Waals surface area contributed by atoms with Crippen molar-refractivity contribution >= 4 is 51.8 Å². The summed E-state index contributed by atoms with van der Waals surface area (Å²) >= 11 is 3.52. The largest absolute Gasteiger partial charge is 0.359 e. The summed E-state index contributed by atoms with van der Waals surface area (Å²) in [6.45, 7) is 2.84. The van der Waals surface area contributed by atoms with E-state index in [-0.39, 0.29) is 29.9 Å². The van der Waals surface area contributed by atoms with E-state index in [1.165, 1.54) is 5.56 Å². The molecule has 1 aliphatic heterocycles. The van der Waals surface area contributed by atoms with E-state index in [0.29, 0.717) is 12.3 Å². The molecule has 26 heavy (non-hydrogen) atoms. The zero-order chi connectivity index (χ0) is 18.1. The Morgan fingerprint density at radius 1 is 1.35 bits per heavy atom. The predicted octanol–water partition coefficient (Wildman–Crippen LogP) is 3.42. The van der Waals surface area contributed by atoms with Crippen molar-refractivity contribution < 1.29 is 4.79 Å². The average molecular weight is 537 g/mol. The SMILES string of the molecule is CN=C(NCCCc1cccc(Br)c1)N1CCC(CC(=O)NC)CC1.I. The highest BCUT2D eigenvalue weighted by atomic mass is 127. The van der Waals surface area contributed by atoms with Crippen LogP contribution in [0, 0.1) is 5.92 Å². The van der Waals surface area contributed by atoms with Crippen LogP contribution in [0.15, 0.2) is 33.7 Å². The number of halogens is 2. The van der Waals surface area contributed by atoms with Crippen molar-refractivity contribution in [3.8, 4) is 0 Å². The summed E-state index contributed by atoms with van der Waals surface area (Å²) in [6, 6.07) is 8.47. The van der Waals surface area contributed by atoms with Gasteiger partial charge in [-0.3, -0.25) is 9.79 Å². The molecule has 1 saturated heterocycles.